The van der Waals surface area contributed by atoms with E-state index in [0.717, 1.165) is 29.3 Å². The Morgan fingerprint density at radius 2 is 2.17 bits per heavy atom. The maximum atomic E-state index is 5.94. The third-order valence-electron chi connectivity index (χ3n) is 2.63. The highest BCUT2D eigenvalue weighted by molar-refractivity contribution is 6.29. The second-order valence-electron chi connectivity index (χ2n) is 4.11. The third kappa shape index (κ3) is 2.98. The number of aromatic nitrogens is 4. The van der Waals surface area contributed by atoms with Crippen molar-refractivity contribution in [3.63, 3.8) is 0 Å². The summed E-state index contributed by atoms with van der Waals surface area (Å²) in [6, 6.07) is 1.73. The summed E-state index contributed by atoms with van der Waals surface area (Å²) < 4.78 is 1.80. The molecule has 2 aromatic heterocycles. The molecule has 96 valence electrons. The van der Waals surface area contributed by atoms with E-state index in [0.29, 0.717) is 11.7 Å². The van der Waals surface area contributed by atoms with E-state index < -0.39 is 0 Å². The van der Waals surface area contributed by atoms with Gasteiger partial charge in [-0.3, -0.25) is 4.68 Å². The van der Waals surface area contributed by atoms with Gasteiger partial charge in [-0.2, -0.15) is 5.10 Å². The number of nitrogens with one attached hydrogen (secondary N) is 1. The van der Waals surface area contributed by atoms with Crippen molar-refractivity contribution in [3.05, 3.63) is 34.5 Å². The number of aryl methyl sites for hydroxylation is 3. The summed E-state index contributed by atoms with van der Waals surface area (Å²) in [5, 5.41) is 8.00. The lowest BCUT2D eigenvalue weighted by Gasteiger charge is -2.06. The number of hydrogen-bond acceptors (Lipinski definition) is 4. The summed E-state index contributed by atoms with van der Waals surface area (Å²) >= 11 is 5.94. The molecule has 0 saturated carbocycles. The number of rotatable bonds is 4. The first-order chi connectivity index (χ1) is 8.58. The number of nitrogens with zero attached hydrogens (tertiary/aromatic N) is 4. The smallest absolute Gasteiger partial charge is 0.134 e. The van der Waals surface area contributed by atoms with E-state index in [4.69, 9.17) is 11.6 Å². The second-order valence-corrected chi connectivity index (χ2v) is 4.50. The van der Waals surface area contributed by atoms with Crippen molar-refractivity contribution in [1.29, 1.82) is 0 Å². The van der Waals surface area contributed by atoms with Crippen LogP contribution in [0.3, 0.4) is 0 Å². The predicted octanol–water partition coefficient (Wildman–Crippen LogP) is 2.35. The quantitative estimate of drug-likeness (QED) is 0.862. The highest BCUT2D eigenvalue weighted by Gasteiger charge is 2.05. The summed E-state index contributed by atoms with van der Waals surface area (Å²) in [4.78, 5) is 8.50. The SMILES string of the molecule is CCc1nc(Cl)cc(NCc2cn(C)nc2C)n1. The van der Waals surface area contributed by atoms with Crippen LogP contribution < -0.4 is 5.32 Å². The molecule has 2 heterocycles. The van der Waals surface area contributed by atoms with E-state index in [1.165, 1.54) is 0 Å². The largest absolute Gasteiger partial charge is 0.366 e. The Morgan fingerprint density at radius 3 is 2.78 bits per heavy atom. The molecule has 0 atom stereocenters. The van der Waals surface area contributed by atoms with Crippen molar-refractivity contribution in [2.24, 2.45) is 7.05 Å². The fourth-order valence-corrected chi connectivity index (χ4v) is 1.92. The molecular weight excluding hydrogens is 250 g/mol. The summed E-state index contributed by atoms with van der Waals surface area (Å²) in [6.45, 7) is 4.66. The first-order valence-electron chi connectivity index (χ1n) is 5.85. The Hall–Kier alpha value is -1.62. The highest BCUT2D eigenvalue weighted by Crippen LogP contribution is 2.14. The Bertz CT molecular complexity index is 549. The van der Waals surface area contributed by atoms with Gasteiger partial charge in [0.25, 0.3) is 0 Å². The Labute approximate surface area is 111 Å². The van der Waals surface area contributed by atoms with Gasteiger partial charge in [-0.15, -0.1) is 0 Å². The molecule has 0 fully saturated rings. The average Bonchev–Trinajstić information content (AvgIpc) is 2.64. The zero-order valence-electron chi connectivity index (χ0n) is 10.7. The molecule has 0 aliphatic heterocycles. The van der Waals surface area contributed by atoms with Crippen LogP contribution in [0.25, 0.3) is 0 Å². The van der Waals surface area contributed by atoms with Gasteiger partial charge in [0.1, 0.15) is 16.8 Å². The Morgan fingerprint density at radius 1 is 1.39 bits per heavy atom. The van der Waals surface area contributed by atoms with E-state index in [9.17, 15) is 0 Å². The highest BCUT2D eigenvalue weighted by atomic mass is 35.5. The minimum atomic E-state index is 0.465. The van der Waals surface area contributed by atoms with Gasteiger partial charge in [-0.1, -0.05) is 18.5 Å². The van der Waals surface area contributed by atoms with Gasteiger partial charge in [0.2, 0.25) is 0 Å². The van der Waals surface area contributed by atoms with Crippen molar-refractivity contribution in [2.45, 2.75) is 26.8 Å². The van der Waals surface area contributed by atoms with Crippen LogP contribution in [0.2, 0.25) is 5.15 Å². The summed E-state index contributed by atoms with van der Waals surface area (Å²) in [5.74, 6) is 1.49. The molecule has 0 radical (unpaired) electrons. The third-order valence-corrected chi connectivity index (χ3v) is 2.83. The summed E-state index contributed by atoms with van der Waals surface area (Å²) in [5.41, 5.74) is 2.16. The molecule has 2 rings (SSSR count). The van der Waals surface area contributed by atoms with Gasteiger partial charge < -0.3 is 5.32 Å². The molecule has 0 aliphatic rings. The normalized spacial score (nSPS) is 10.7. The molecule has 0 bridgehead atoms. The predicted molar refractivity (Wildman–Crippen MR) is 71.7 cm³/mol. The zero-order chi connectivity index (χ0) is 13.1. The molecule has 1 N–H and O–H groups in total. The fourth-order valence-electron chi connectivity index (χ4n) is 1.72. The van der Waals surface area contributed by atoms with E-state index in [-0.39, 0.29) is 0 Å². The van der Waals surface area contributed by atoms with E-state index >= 15 is 0 Å². The molecular formula is C12H16ClN5. The minimum Gasteiger partial charge on any atom is -0.366 e. The van der Waals surface area contributed by atoms with Gasteiger partial charge in [-0.05, 0) is 6.92 Å². The van der Waals surface area contributed by atoms with Crippen molar-refractivity contribution in [3.8, 4) is 0 Å². The summed E-state index contributed by atoms with van der Waals surface area (Å²) in [7, 11) is 1.91. The first kappa shape index (κ1) is 12.8. The lowest BCUT2D eigenvalue weighted by atomic mass is 10.2. The zero-order valence-corrected chi connectivity index (χ0v) is 11.5. The van der Waals surface area contributed by atoms with Gasteiger partial charge >= 0.3 is 0 Å². The molecule has 0 aliphatic carbocycles. The van der Waals surface area contributed by atoms with Crippen molar-refractivity contribution in [2.75, 3.05) is 5.32 Å². The summed E-state index contributed by atoms with van der Waals surface area (Å²) in [6.07, 6.45) is 2.76. The molecule has 6 heteroatoms. The second kappa shape index (κ2) is 5.35. The molecule has 0 saturated heterocycles. The average molecular weight is 266 g/mol. The van der Waals surface area contributed by atoms with Crippen LogP contribution in [0.15, 0.2) is 12.3 Å². The lowest BCUT2D eigenvalue weighted by molar-refractivity contribution is 0.756. The molecule has 18 heavy (non-hydrogen) atoms. The number of halogens is 1. The van der Waals surface area contributed by atoms with Gasteiger partial charge in [-0.25, -0.2) is 9.97 Å². The molecule has 0 unspecified atom stereocenters. The molecule has 0 amide bonds. The van der Waals surface area contributed by atoms with Crippen LogP contribution in [0.4, 0.5) is 5.82 Å². The van der Waals surface area contributed by atoms with E-state index in [1.54, 1.807) is 10.7 Å². The fraction of sp³-hybridized carbons (Fsp3) is 0.417. The van der Waals surface area contributed by atoms with Crippen LogP contribution in [-0.4, -0.2) is 19.7 Å². The molecule has 0 spiro atoms. The van der Waals surface area contributed by atoms with Gasteiger partial charge in [0.05, 0.1) is 5.69 Å². The van der Waals surface area contributed by atoms with E-state index in [1.807, 2.05) is 27.1 Å². The van der Waals surface area contributed by atoms with Crippen molar-refractivity contribution < 1.29 is 0 Å². The van der Waals surface area contributed by atoms with Crippen LogP contribution >= 0.6 is 11.6 Å². The topological polar surface area (TPSA) is 55.6 Å². The monoisotopic (exact) mass is 265 g/mol. The maximum absolute atomic E-state index is 5.94. The number of hydrogen-bond donors (Lipinski definition) is 1. The Balaban J connectivity index is 2.10. The first-order valence-corrected chi connectivity index (χ1v) is 6.22. The van der Waals surface area contributed by atoms with Crippen molar-refractivity contribution in [1.82, 2.24) is 19.7 Å². The molecule has 5 nitrogen and oxygen atoms in total. The van der Waals surface area contributed by atoms with Crippen LogP contribution in [0.1, 0.15) is 24.0 Å². The van der Waals surface area contributed by atoms with Crippen LogP contribution in [-0.2, 0) is 20.0 Å². The lowest BCUT2D eigenvalue weighted by Crippen LogP contribution is -2.04. The maximum Gasteiger partial charge on any atom is 0.134 e. The standard InChI is InChI=1S/C12H16ClN5/c1-4-11-15-10(13)5-12(16-11)14-6-9-7-18(3)17-8(9)2/h5,7H,4,6H2,1-3H3,(H,14,15,16). The van der Waals surface area contributed by atoms with Crippen molar-refractivity contribution >= 4 is 17.4 Å². The molecule has 0 aromatic carbocycles. The van der Waals surface area contributed by atoms with E-state index in [2.05, 4.69) is 20.4 Å². The van der Waals surface area contributed by atoms with Crippen LogP contribution in [0, 0.1) is 6.92 Å². The van der Waals surface area contributed by atoms with Gasteiger partial charge in [0, 0.05) is 37.8 Å². The van der Waals surface area contributed by atoms with Gasteiger partial charge in [0.15, 0.2) is 0 Å². The minimum absolute atomic E-state index is 0.465. The molecule has 2 aromatic rings. The number of anilines is 1. The Kier molecular flexibility index (Phi) is 3.81. The van der Waals surface area contributed by atoms with Crippen LogP contribution in [0.5, 0.6) is 0 Å².